The Kier molecular flexibility index (Phi) is 5.09. The molecule has 0 amide bonds. The Bertz CT molecular complexity index is 1030. The van der Waals surface area contributed by atoms with Crippen LogP contribution in [-0.4, -0.2) is 45.8 Å². The molecule has 0 radical (unpaired) electrons. The molecule has 0 aliphatic rings. The van der Waals surface area contributed by atoms with Gasteiger partial charge >= 0.3 is 0 Å². The van der Waals surface area contributed by atoms with Crippen LogP contribution in [0, 0.1) is 0 Å². The molecule has 7 nitrogen and oxygen atoms in total. The van der Waals surface area contributed by atoms with E-state index in [-0.39, 0.29) is 4.90 Å². The van der Waals surface area contributed by atoms with Crippen molar-refractivity contribution in [2.24, 2.45) is 0 Å². The fourth-order valence-electron chi connectivity index (χ4n) is 2.79. The first-order valence-corrected chi connectivity index (χ1v) is 9.93. The lowest BCUT2D eigenvalue weighted by Crippen LogP contribution is -2.02. The van der Waals surface area contributed by atoms with Crippen molar-refractivity contribution in [1.82, 2.24) is 9.78 Å². The first-order valence-electron chi connectivity index (χ1n) is 8.04. The van der Waals surface area contributed by atoms with E-state index in [0.29, 0.717) is 17.2 Å². The summed E-state index contributed by atoms with van der Waals surface area (Å²) in [6.45, 7) is 0. The molecule has 27 heavy (non-hydrogen) atoms. The van der Waals surface area contributed by atoms with Gasteiger partial charge in [0.15, 0.2) is 21.3 Å². The molecule has 8 heteroatoms. The number of hydrogen-bond donors (Lipinski definition) is 0. The van der Waals surface area contributed by atoms with Crippen LogP contribution in [0.1, 0.15) is 0 Å². The number of benzene rings is 2. The summed E-state index contributed by atoms with van der Waals surface area (Å²) in [6.07, 6.45) is 2.85. The second-order valence-electron chi connectivity index (χ2n) is 5.81. The Hall–Kier alpha value is -3.00. The third-order valence-corrected chi connectivity index (χ3v) is 5.24. The van der Waals surface area contributed by atoms with Gasteiger partial charge in [0.25, 0.3) is 0 Å². The van der Waals surface area contributed by atoms with Crippen molar-refractivity contribution in [2.45, 2.75) is 4.90 Å². The number of aromatic nitrogens is 2. The second kappa shape index (κ2) is 7.32. The lowest BCUT2D eigenvalue weighted by atomic mass is 10.1. The van der Waals surface area contributed by atoms with Gasteiger partial charge < -0.3 is 14.2 Å². The van der Waals surface area contributed by atoms with Gasteiger partial charge in [-0.2, -0.15) is 5.10 Å². The highest BCUT2D eigenvalue weighted by molar-refractivity contribution is 7.90. The monoisotopic (exact) mass is 388 g/mol. The molecule has 0 N–H and O–H groups in total. The van der Waals surface area contributed by atoms with Crippen molar-refractivity contribution < 1.29 is 22.6 Å². The van der Waals surface area contributed by atoms with Crippen LogP contribution in [0.5, 0.6) is 17.2 Å². The molecule has 0 atom stereocenters. The zero-order valence-corrected chi connectivity index (χ0v) is 16.3. The lowest BCUT2D eigenvalue weighted by molar-refractivity contribution is 0.324. The Morgan fingerprint density at radius 2 is 1.48 bits per heavy atom. The normalized spacial score (nSPS) is 11.3. The lowest BCUT2D eigenvalue weighted by Gasteiger charge is -2.15. The molecule has 3 aromatic rings. The van der Waals surface area contributed by atoms with Crippen LogP contribution in [0.4, 0.5) is 0 Å². The fraction of sp³-hybridized carbons (Fsp3) is 0.211. The Balaban J connectivity index is 2.10. The van der Waals surface area contributed by atoms with E-state index in [2.05, 4.69) is 5.10 Å². The first-order chi connectivity index (χ1) is 12.9. The molecule has 0 saturated carbocycles. The predicted molar refractivity (Wildman–Crippen MR) is 102 cm³/mol. The van der Waals surface area contributed by atoms with Gasteiger partial charge in [0, 0.05) is 11.8 Å². The predicted octanol–water partition coefficient (Wildman–Crippen LogP) is 2.97. The first kappa shape index (κ1) is 18.8. The highest BCUT2D eigenvalue weighted by Gasteiger charge is 2.17. The summed E-state index contributed by atoms with van der Waals surface area (Å²) in [5.74, 6) is 1.58. The van der Waals surface area contributed by atoms with Crippen molar-refractivity contribution in [1.29, 1.82) is 0 Å². The molecule has 1 aromatic heterocycles. The Morgan fingerprint density at radius 1 is 0.889 bits per heavy atom. The van der Waals surface area contributed by atoms with E-state index in [4.69, 9.17) is 14.2 Å². The van der Waals surface area contributed by atoms with Crippen LogP contribution in [0.25, 0.3) is 16.9 Å². The minimum Gasteiger partial charge on any atom is -0.493 e. The van der Waals surface area contributed by atoms with Crippen LogP contribution in [0.3, 0.4) is 0 Å². The van der Waals surface area contributed by atoms with Gasteiger partial charge in [-0.15, -0.1) is 0 Å². The Labute approximate surface area is 158 Å². The van der Waals surface area contributed by atoms with Gasteiger partial charge in [-0.1, -0.05) is 0 Å². The van der Waals surface area contributed by atoms with Gasteiger partial charge in [-0.3, -0.25) is 0 Å². The summed E-state index contributed by atoms with van der Waals surface area (Å²) in [5, 5.41) is 4.36. The molecular weight excluding hydrogens is 368 g/mol. The topological polar surface area (TPSA) is 79.7 Å². The standard InChI is InChI=1S/C19H20N2O5S/c1-24-17-11-13(12-18(25-2)19(17)26-3)16-9-10-20-21(16)14-5-7-15(8-6-14)27(4,22)23/h5-12H,1-4H3. The Morgan fingerprint density at radius 3 is 1.96 bits per heavy atom. The van der Waals surface area contributed by atoms with Gasteiger partial charge in [0.2, 0.25) is 5.75 Å². The quantitative estimate of drug-likeness (QED) is 0.646. The zero-order valence-electron chi connectivity index (χ0n) is 15.5. The third-order valence-electron chi connectivity index (χ3n) is 4.11. The molecule has 142 valence electrons. The number of ether oxygens (including phenoxy) is 3. The van der Waals surface area contributed by atoms with Gasteiger partial charge in [0.1, 0.15) is 0 Å². The van der Waals surface area contributed by atoms with E-state index in [1.165, 1.54) is 6.26 Å². The van der Waals surface area contributed by atoms with Gasteiger partial charge in [-0.25, -0.2) is 13.1 Å². The maximum Gasteiger partial charge on any atom is 0.203 e. The number of hydrogen-bond acceptors (Lipinski definition) is 6. The molecule has 1 heterocycles. The number of rotatable bonds is 6. The molecule has 0 spiro atoms. The molecule has 0 fully saturated rings. The zero-order chi connectivity index (χ0) is 19.6. The number of sulfone groups is 1. The molecule has 0 unspecified atom stereocenters. The summed E-state index contributed by atoms with van der Waals surface area (Å²) in [4.78, 5) is 0.257. The van der Waals surface area contributed by atoms with Crippen molar-refractivity contribution in [2.75, 3.05) is 27.6 Å². The minimum absolute atomic E-state index is 0.257. The maximum absolute atomic E-state index is 11.7. The molecule has 0 saturated heterocycles. The molecular formula is C19H20N2O5S. The van der Waals surface area contributed by atoms with E-state index >= 15 is 0 Å². The van der Waals surface area contributed by atoms with Crippen molar-refractivity contribution in [3.63, 3.8) is 0 Å². The van der Waals surface area contributed by atoms with Gasteiger partial charge in [-0.05, 0) is 42.5 Å². The van der Waals surface area contributed by atoms with Crippen molar-refractivity contribution in [3.05, 3.63) is 48.7 Å². The summed E-state index contributed by atoms with van der Waals surface area (Å²) in [5.41, 5.74) is 2.34. The highest BCUT2D eigenvalue weighted by Crippen LogP contribution is 2.41. The van der Waals surface area contributed by atoms with E-state index in [1.807, 2.05) is 18.2 Å². The van der Waals surface area contributed by atoms with Crippen LogP contribution < -0.4 is 14.2 Å². The average molecular weight is 388 g/mol. The average Bonchev–Trinajstić information content (AvgIpc) is 3.16. The fourth-order valence-corrected chi connectivity index (χ4v) is 3.42. The maximum atomic E-state index is 11.7. The molecule has 0 bridgehead atoms. The third kappa shape index (κ3) is 3.61. The van der Waals surface area contributed by atoms with Crippen LogP contribution >= 0.6 is 0 Å². The summed E-state index contributed by atoms with van der Waals surface area (Å²) < 4.78 is 41.2. The largest absolute Gasteiger partial charge is 0.493 e. The van der Waals surface area contributed by atoms with Crippen molar-refractivity contribution in [3.8, 4) is 34.2 Å². The van der Waals surface area contributed by atoms with E-state index in [9.17, 15) is 8.42 Å². The smallest absolute Gasteiger partial charge is 0.203 e. The molecule has 0 aliphatic carbocycles. The summed E-state index contributed by atoms with van der Waals surface area (Å²) in [6, 6.07) is 12.1. The second-order valence-corrected chi connectivity index (χ2v) is 7.82. The van der Waals surface area contributed by atoms with Crippen LogP contribution in [-0.2, 0) is 9.84 Å². The molecule has 0 aliphatic heterocycles. The number of nitrogens with zero attached hydrogens (tertiary/aromatic N) is 2. The molecule has 3 rings (SSSR count). The van der Waals surface area contributed by atoms with E-state index < -0.39 is 9.84 Å². The summed E-state index contributed by atoms with van der Waals surface area (Å²) in [7, 11) is 1.41. The van der Waals surface area contributed by atoms with E-state index in [1.54, 1.807) is 56.5 Å². The SMILES string of the molecule is COc1cc(-c2ccnn2-c2ccc(S(C)(=O)=O)cc2)cc(OC)c1OC. The summed E-state index contributed by atoms with van der Waals surface area (Å²) >= 11 is 0. The minimum atomic E-state index is -3.25. The van der Waals surface area contributed by atoms with Crippen molar-refractivity contribution >= 4 is 9.84 Å². The van der Waals surface area contributed by atoms with Crippen LogP contribution in [0.2, 0.25) is 0 Å². The highest BCUT2D eigenvalue weighted by atomic mass is 32.2. The number of methoxy groups -OCH3 is 3. The molecule has 2 aromatic carbocycles. The van der Waals surface area contributed by atoms with Crippen LogP contribution in [0.15, 0.2) is 53.6 Å². The van der Waals surface area contributed by atoms with Gasteiger partial charge in [0.05, 0.1) is 43.8 Å². The van der Waals surface area contributed by atoms with E-state index in [0.717, 1.165) is 16.9 Å².